The molecule has 1 N–H and O–H groups in total. The Hall–Kier alpha value is -2.02. The van der Waals surface area contributed by atoms with E-state index >= 15 is 0 Å². The molecule has 0 amide bonds. The van der Waals surface area contributed by atoms with Crippen molar-refractivity contribution in [1.29, 1.82) is 5.26 Å². The van der Waals surface area contributed by atoms with Crippen molar-refractivity contribution in [3.8, 4) is 11.8 Å². The topological polar surface area (TPSA) is 45.0 Å². The minimum absolute atomic E-state index is 0.0624. The van der Waals surface area contributed by atoms with Gasteiger partial charge in [0.05, 0.1) is 0 Å². The zero-order valence-corrected chi connectivity index (χ0v) is 12.6. The number of benzene rings is 2. The zero-order chi connectivity index (χ0) is 15.1. The fourth-order valence-electron chi connectivity index (χ4n) is 2.07. The number of nitriles is 1. The van der Waals surface area contributed by atoms with E-state index < -0.39 is 0 Å². The molecular weight excluding hydrogens is 284 g/mol. The first-order chi connectivity index (χ1) is 10.2. The molecule has 0 aliphatic carbocycles. The van der Waals surface area contributed by atoms with Crippen LogP contribution in [0.2, 0.25) is 5.02 Å². The molecular formula is C17H17ClN2O. The van der Waals surface area contributed by atoms with Crippen LogP contribution >= 0.6 is 11.6 Å². The molecule has 0 aliphatic heterocycles. The summed E-state index contributed by atoms with van der Waals surface area (Å²) < 4.78 is 5.30. The number of nitrogens with one attached hydrogen (secondary N) is 1. The molecule has 0 fully saturated rings. The van der Waals surface area contributed by atoms with Crippen LogP contribution in [0.4, 0.5) is 0 Å². The summed E-state index contributed by atoms with van der Waals surface area (Å²) in [4.78, 5) is 0. The van der Waals surface area contributed by atoms with Crippen LogP contribution in [0.3, 0.4) is 0 Å². The summed E-state index contributed by atoms with van der Waals surface area (Å²) >= 11 is 6.19. The maximum Gasteiger partial charge on any atom is 0.174 e. The fourth-order valence-corrected chi connectivity index (χ4v) is 2.37. The van der Waals surface area contributed by atoms with Crippen LogP contribution in [-0.2, 0) is 6.54 Å². The molecule has 4 heteroatoms. The van der Waals surface area contributed by atoms with E-state index in [4.69, 9.17) is 21.6 Å². The molecule has 1 atom stereocenters. The Morgan fingerprint density at radius 1 is 1.24 bits per heavy atom. The average Bonchev–Trinajstić information content (AvgIpc) is 2.51. The highest BCUT2D eigenvalue weighted by Crippen LogP contribution is 2.22. The minimum atomic E-state index is 0.0624. The lowest BCUT2D eigenvalue weighted by molar-refractivity contribution is 0.367. The number of hydrogen-bond acceptors (Lipinski definition) is 3. The first-order valence-corrected chi connectivity index (χ1v) is 7.15. The predicted octanol–water partition coefficient (Wildman–Crippen LogP) is 4.09. The highest BCUT2D eigenvalue weighted by Gasteiger charge is 2.08. The second-order valence-electron chi connectivity index (χ2n) is 4.72. The van der Waals surface area contributed by atoms with Gasteiger partial charge in [-0.2, -0.15) is 5.26 Å². The molecule has 0 heterocycles. The van der Waals surface area contributed by atoms with E-state index in [9.17, 15) is 0 Å². The smallest absolute Gasteiger partial charge is 0.174 e. The lowest BCUT2D eigenvalue weighted by Crippen LogP contribution is -2.18. The van der Waals surface area contributed by atoms with Crippen LogP contribution in [0, 0.1) is 11.3 Å². The van der Waals surface area contributed by atoms with Crippen molar-refractivity contribution in [2.45, 2.75) is 19.5 Å². The van der Waals surface area contributed by atoms with Crippen molar-refractivity contribution >= 4 is 11.6 Å². The Morgan fingerprint density at radius 2 is 2.05 bits per heavy atom. The first-order valence-electron chi connectivity index (χ1n) is 6.77. The normalized spacial score (nSPS) is 11.7. The maximum atomic E-state index is 8.53. The molecule has 0 aromatic heterocycles. The zero-order valence-electron chi connectivity index (χ0n) is 11.8. The molecule has 2 rings (SSSR count). The lowest BCUT2D eigenvalue weighted by Gasteiger charge is -2.16. The van der Waals surface area contributed by atoms with Crippen LogP contribution < -0.4 is 10.1 Å². The van der Waals surface area contributed by atoms with Gasteiger partial charge in [0.25, 0.3) is 0 Å². The Labute approximate surface area is 130 Å². The van der Waals surface area contributed by atoms with Gasteiger partial charge in [0.15, 0.2) is 6.61 Å². The quantitative estimate of drug-likeness (QED) is 0.874. The predicted molar refractivity (Wildman–Crippen MR) is 84.3 cm³/mol. The van der Waals surface area contributed by atoms with Crippen molar-refractivity contribution in [2.75, 3.05) is 6.61 Å². The van der Waals surface area contributed by atoms with Crippen molar-refractivity contribution in [3.05, 3.63) is 64.7 Å². The Kier molecular flexibility index (Phi) is 5.62. The fraction of sp³-hybridized carbons (Fsp3) is 0.235. The second kappa shape index (κ2) is 7.68. The average molecular weight is 301 g/mol. The summed E-state index contributed by atoms with van der Waals surface area (Å²) in [7, 11) is 0. The molecule has 108 valence electrons. The van der Waals surface area contributed by atoms with Gasteiger partial charge in [0, 0.05) is 17.6 Å². The molecule has 3 nitrogen and oxygen atoms in total. The van der Waals surface area contributed by atoms with Gasteiger partial charge in [0.2, 0.25) is 0 Å². The minimum Gasteiger partial charge on any atom is -0.479 e. The molecule has 0 unspecified atom stereocenters. The third-order valence-electron chi connectivity index (χ3n) is 3.19. The van der Waals surface area contributed by atoms with Gasteiger partial charge < -0.3 is 10.1 Å². The largest absolute Gasteiger partial charge is 0.479 e. The summed E-state index contributed by atoms with van der Waals surface area (Å²) in [5, 5.41) is 12.7. The monoisotopic (exact) mass is 300 g/mol. The molecule has 21 heavy (non-hydrogen) atoms. The highest BCUT2D eigenvalue weighted by atomic mass is 35.5. The van der Waals surface area contributed by atoms with Crippen molar-refractivity contribution in [2.24, 2.45) is 0 Å². The van der Waals surface area contributed by atoms with Crippen LogP contribution in [0.25, 0.3) is 0 Å². The van der Waals surface area contributed by atoms with Crippen molar-refractivity contribution < 1.29 is 4.74 Å². The molecule has 0 saturated carbocycles. The van der Waals surface area contributed by atoms with Gasteiger partial charge in [-0.15, -0.1) is 0 Å². The number of ether oxygens (including phenoxy) is 1. The molecule has 0 bridgehead atoms. The van der Waals surface area contributed by atoms with E-state index in [2.05, 4.69) is 12.2 Å². The molecule has 0 radical (unpaired) electrons. The van der Waals surface area contributed by atoms with Crippen LogP contribution in [0.15, 0.2) is 48.5 Å². The number of nitrogens with zero attached hydrogens (tertiary/aromatic N) is 1. The Bertz CT molecular complexity index is 637. The van der Waals surface area contributed by atoms with E-state index in [-0.39, 0.29) is 12.6 Å². The maximum absolute atomic E-state index is 8.53. The third kappa shape index (κ3) is 4.49. The molecule has 0 spiro atoms. The molecule has 2 aromatic rings. The van der Waals surface area contributed by atoms with Crippen molar-refractivity contribution in [3.63, 3.8) is 0 Å². The molecule has 2 aromatic carbocycles. The van der Waals surface area contributed by atoms with Gasteiger partial charge in [-0.3, -0.25) is 0 Å². The number of hydrogen-bond donors (Lipinski definition) is 1. The van der Waals surface area contributed by atoms with Crippen LogP contribution in [0.1, 0.15) is 24.1 Å². The summed E-state index contributed by atoms with van der Waals surface area (Å²) in [6, 6.07) is 17.7. The number of halogens is 1. The van der Waals surface area contributed by atoms with Crippen LogP contribution in [0.5, 0.6) is 5.75 Å². The molecule has 0 aliphatic rings. The summed E-state index contributed by atoms with van der Waals surface area (Å²) in [6.07, 6.45) is 0. The van der Waals surface area contributed by atoms with Gasteiger partial charge in [-0.25, -0.2) is 0 Å². The van der Waals surface area contributed by atoms with Gasteiger partial charge >= 0.3 is 0 Å². The van der Waals surface area contributed by atoms with Crippen LogP contribution in [-0.4, -0.2) is 6.61 Å². The first kappa shape index (κ1) is 15.4. The summed E-state index contributed by atoms with van der Waals surface area (Å²) in [5.41, 5.74) is 2.18. The Morgan fingerprint density at radius 3 is 2.81 bits per heavy atom. The van der Waals surface area contributed by atoms with Gasteiger partial charge in [0.1, 0.15) is 11.8 Å². The highest BCUT2D eigenvalue weighted by molar-refractivity contribution is 6.31. The number of rotatable bonds is 6. The summed E-state index contributed by atoms with van der Waals surface area (Å²) in [5.74, 6) is 0.709. The van der Waals surface area contributed by atoms with E-state index in [0.717, 1.165) is 16.1 Å². The van der Waals surface area contributed by atoms with E-state index in [1.807, 2.05) is 54.6 Å². The standard InChI is InChI=1S/C17H17ClN2O/c1-13(16-7-2-3-8-17(16)18)20-12-14-5-4-6-15(11-14)21-10-9-19/h2-8,11,13,20H,10,12H2,1H3/t13-/m0/s1. The van der Waals surface area contributed by atoms with Gasteiger partial charge in [-0.05, 0) is 36.2 Å². The van der Waals surface area contributed by atoms with E-state index in [1.54, 1.807) is 0 Å². The molecule has 0 saturated heterocycles. The summed E-state index contributed by atoms with van der Waals surface area (Å²) in [6.45, 7) is 2.85. The Balaban J connectivity index is 1.97. The lowest BCUT2D eigenvalue weighted by atomic mass is 10.1. The van der Waals surface area contributed by atoms with E-state index in [1.165, 1.54) is 0 Å². The van der Waals surface area contributed by atoms with Gasteiger partial charge in [-0.1, -0.05) is 41.9 Å². The third-order valence-corrected chi connectivity index (χ3v) is 3.53. The SMILES string of the molecule is C[C@H](NCc1cccc(OCC#N)c1)c1ccccc1Cl. The van der Waals surface area contributed by atoms with Crippen molar-refractivity contribution in [1.82, 2.24) is 5.32 Å². The van der Waals surface area contributed by atoms with E-state index in [0.29, 0.717) is 12.3 Å². The second-order valence-corrected chi connectivity index (χ2v) is 5.13.